The van der Waals surface area contributed by atoms with Crippen LogP contribution in [0.3, 0.4) is 0 Å². The molecular formula is C46H52Cl2Zr. The SMILES string of the molecule is CCC1=Cc2c(-c3ccc(C(C)C)cc3)cccc2[CH]1[Zr+2]1([CH]2C(CC)=Cc3c(-c4ccc(C(C)C)cc4)cccc32)[CH]2CCCC[CH]21.[Cl-].[Cl-]. The number of hydrogen-bond acceptors (Lipinski definition) is 0. The number of benzene rings is 4. The fourth-order valence-corrected chi connectivity index (χ4v) is 34.0. The molecule has 0 amide bonds. The van der Waals surface area contributed by atoms with E-state index in [1.807, 2.05) is 0 Å². The minimum atomic E-state index is -2.99. The molecule has 1 heterocycles. The second kappa shape index (κ2) is 14.4. The van der Waals surface area contributed by atoms with E-state index in [0.29, 0.717) is 19.1 Å². The molecule has 0 radical (unpaired) electrons. The monoisotopic (exact) mass is 764 g/mol. The van der Waals surface area contributed by atoms with Crippen molar-refractivity contribution in [1.29, 1.82) is 0 Å². The summed E-state index contributed by atoms with van der Waals surface area (Å²) in [6.07, 6.45) is 13.6. The Morgan fingerprint density at radius 3 is 1.29 bits per heavy atom. The van der Waals surface area contributed by atoms with Gasteiger partial charge in [0.2, 0.25) is 0 Å². The molecule has 0 aromatic heterocycles. The molecule has 1 aliphatic heterocycles. The van der Waals surface area contributed by atoms with Crippen molar-refractivity contribution < 1.29 is 45.1 Å². The van der Waals surface area contributed by atoms with Crippen LogP contribution in [-0.4, -0.2) is 0 Å². The van der Waals surface area contributed by atoms with Gasteiger partial charge in [0.25, 0.3) is 0 Å². The van der Waals surface area contributed by atoms with Crippen LogP contribution < -0.4 is 24.8 Å². The van der Waals surface area contributed by atoms with E-state index in [2.05, 4.69) is 139 Å². The average molecular weight is 767 g/mol. The van der Waals surface area contributed by atoms with Crippen LogP contribution in [-0.2, 0) is 20.3 Å². The van der Waals surface area contributed by atoms with Gasteiger partial charge in [-0.25, -0.2) is 0 Å². The van der Waals surface area contributed by atoms with Crippen LogP contribution in [0.15, 0.2) is 96.1 Å². The maximum absolute atomic E-state index is 2.99. The maximum atomic E-state index is 2.69. The molecule has 2 fully saturated rings. The predicted molar refractivity (Wildman–Crippen MR) is 200 cm³/mol. The second-order valence-electron chi connectivity index (χ2n) is 15.7. The maximum Gasteiger partial charge on any atom is -1.00 e. The van der Waals surface area contributed by atoms with Crippen molar-refractivity contribution in [3.05, 3.63) is 129 Å². The third-order valence-electron chi connectivity index (χ3n) is 12.8. The van der Waals surface area contributed by atoms with Crippen LogP contribution in [0.25, 0.3) is 34.4 Å². The first-order valence-electron chi connectivity index (χ1n) is 18.8. The summed E-state index contributed by atoms with van der Waals surface area (Å²) in [7, 11) is 0. The Labute approximate surface area is 313 Å². The molecular weight excluding hydrogens is 715 g/mol. The smallest absolute Gasteiger partial charge is 1.00 e. The van der Waals surface area contributed by atoms with Crippen molar-refractivity contribution in [2.24, 2.45) is 0 Å². The largest absolute Gasteiger partial charge is 1.00 e. The predicted octanol–water partition coefficient (Wildman–Crippen LogP) is 7.99. The van der Waals surface area contributed by atoms with Gasteiger partial charge in [-0.1, -0.05) is 0 Å². The van der Waals surface area contributed by atoms with Gasteiger partial charge < -0.3 is 24.8 Å². The first kappa shape index (κ1) is 36.6. The normalized spacial score (nSPS) is 23.4. The van der Waals surface area contributed by atoms with Gasteiger partial charge in [-0.3, -0.25) is 0 Å². The zero-order valence-corrected chi connectivity index (χ0v) is 34.2. The Kier molecular flexibility index (Phi) is 10.8. The molecule has 1 saturated heterocycles. The van der Waals surface area contributed by atoms with Gasteiger partial charge in [0, 0.05) is 0 Å². The summed E-state index contributed by atoms with van der Waals surface area (Å²) in [5.74, 6) is 1.12. The molecule has 4 aromatic rings. The number of hydrogen-bond donors (Lipinski definition) is 0. The quantitative estimate of drug-likeness (QED) is 0.171. The van der Waals surface area contributed by atoms with E-state index < -0.39 is 20.3 Å². The minimum absolute atomic E-state index is 0. The van der Waals surface area contributed by atoms with Crippen molar-refractivity contribution >= 4 is 12.2 Å². The molecule has 4 atom stereocenters. The third-order valence-corrected chi connectivity index (χ3v) is 29.9. The Hall–Kier alpha value is -2.18. The fourth-order valence-electron chi connectivity index (χ4n) is 10.6. The summed E-state index contributed by atoms with van der Waals surface area (Å²) in [6, 6.07) is 33.7. The van der Waals surface area contributed by atoms with Gasteiger partial charge in [-0.2, -0.15) is 0 Å². The van der Waals surface area contributed by atoms with E-state index in [4.69, 9.17) is 0 Å². The average Bonchev–Trinajstić information content (AvgIpc) is 3.37. The topological polar surface area (TPSA) is 0 Å². The van der Waals surface area contributed by atoms with E-state index in [1.54, 1.807) is 33.4 Å². The summed E-state index contributed by atoms with van der Waals surface area (Å²) < 4.78 is 3.43. The van der Waals surface area contributed by atoms with E-state index in [-0.39, 0.29) is 24.8 Å². The Bertz CT molecular complexity index is 1740. The van der Waals surface area contributed by atoms with Gasteiger partial charge in [0.15, 0.2) is 0 Å². The molecule has 0 bridgehead atoms. The second-order valence-corrected chi connectivity index (χ2v) is 27.1. The standard InChI is InChI=1S/2C20H21.C6H10.2ClH.Zr/c2*1-4-15-12-18-6-5-7-19(20(18)13-15)17-10-8-16(9-11-17)14(2)3;1-2-4-6-5-3-1;;;/h2*5-14H,4H2,1-3H3;1-2H,3-6H2;2*1H;/q;;;;;+2/p-2. The summed E-state index contributed by atoms with van der Waals surface area (Å²) in [5, 5.41) is 0. The van der Waals surface area contributed by atoms with E-state index >= 15 is 0 Å². The van der Waals surface area contributed by atoms with Crippen LogP contribution in [0.1, 0.15) is 133 Å². The first-order chi connectivity index (χ1) is 22.9. The summed E-state index contributed by atoms with van der Waals surface area (Å²) in [5.41, 5.74) is 18.5. The summed E-state index contributed by atoms with van der Waals surface area (Å²) in [6.45, 7) is 14.1. The summed E-state index contributed by atoms with van der Waals surface area (Å²) >= 11 is -2.99. The molecule has 3 heteroatoms. The Morgan fingerprint density at radius 1 is 0.551 bits per heavy atom. The molecule has 49 heavy (non-hydrogen) atoms. The Balaban J connectivity index is 0.00000208. The van der Waals surface area contributed by atoms with E-state index in [9.17, 15) is 0 Å². The first-order valence-corrected chi connectivity index (χ1v) is 24.4. The van der Waals surface area contributed by atoms with Crippen LogP contribution in [0, 0.1) is 0 Å². The molecule has 4 aliphatic rings. The van der Waals surface area contributed by atoms with Crippen molar-refractivity contribution in [3.63, 3.8) is 0 Å². The molecule has 0 nitrogen and oxygen atoms in total. The van der Waals surface area contributed by atoms with Gasteiger partial charge in [-0.15, -0.1) is 0 Å². The third kappa shape index (κ3) is 5.83. The van der Waals surface area contributed by atoms with E-state index in [1.165, 1.54) is 71.9 Å². The van der Waals surface area contributed by atoms with Gasteiger partial charge >= 0.3 is 291 Å². The number of halogens is 2. The number of rotatable bonds is 8. The van der Waals surface area contributed by atoms with Gasteiger partial charge in [0.1, 0.15) is 0 Å². The van der Waals surface area contributed by atoms with Crippen LogP contribution in [0.4, 0.5) is 0 Å². The number of allylic oxidation sites excluding steroid dienone is 2. The summed E-state index contributed by atoms with van der Waals surface area (Å²) in [4.78, 5) is 0. The molecule has 0 spiro atoms. The molecule has 4 unspecified atom stereocenters. The Morgan fingerprint density at radius 2 is 0.939 bits per heavy atom. The molecule has 3 aliphatic carbocycles. The molecule has 1 saturated carbocycles. The van der Waals surface area contributed by atoms with Crippen LogP contribution >= 0.6 is 0 Å². The molecule has 4 aromatic carbocycles. The van der Waals surface area contributed by atoms with Crippen LogP contribution in [0.5, 0.6) is 0 Å². The minimum Gasteiger partial charge on any atom is -1.00 e. The fraction of sp³-hybridized carbons (Fsp3) is 0.391. The zero-order valence-electron chi connectivity index (χ0n) is 30.2. The van der Waals surface area contributed by atoms with Gasteiger partial charge in [0.05, 0.1) is 0 Å². The van der Waals surface area contributed by atoms with Crippen molar-refractivity contribution in [2.75, 3.05) is 0 Å². The van der Waals surface area contributed by atoms with E-state index in [0.717, 1.165) is 7.25 Å². The molecule has 0 N–H and O–H groups in total. The van der Waals surface area contributed by atoms with Crippen LogP contribution in [0.2, 0.25) is 7.25 Å². The number of fused-ring (bicyclic) bond motifs is 3. The van der Waals surface area contributed by atoms with Crippen molar-refractivity contribution in [1.82, 2.24) is 0 Å². The van der Waals surface area contributed by atoms with Crippen molar-refractivity contribution in [3.8, 4) is 22.3 Å². The molecule has 8 rings (SSSR count). The van der Waals surface area contributed by atoms with Crippen molar-refractivity contribution in [2.45, 2.75) is 106 Å². The molecule has 254 valence electrons. The van der Waals surface area contributed by atoms with Gasteiger partial charge in [-0.05, 0) is 0 Å². The zero-order chi connectivity index (χ0) is 32.4.